The van der Waals surface area contributed by atoms with Gasteiger partial charge < -0.3 is 5.73 Å². The number of hydrogen-bond acceptors (Lipinski definition) is 3. The second-order valence-corrected chi connectivity index (χ2v) is 3.50. The molecule has 2 aromatic heterocycles. The number of pyridine rings is 1. The molecule has 13 heavy (non-hydrogen) atoms. The predicted octanol–water partition coefficient (Wildman–Crippen LogP) is 2.60. The molecule has 0 atom stereocenters. The molecule has 5 heteroatoms. The highest BCUT2D eigenvalue weighted by Gasteiger charge is 1.97. The summed E-state index contributed by atoms with van der Waals surface area (Å²) in [6, 6.07) is 4.10. The summed E-state index contributed by atoms with van der Waals surface area (Å²) in [5.41, 5.74) is 5.50. The van der Waals surface area contributed by atoms with Crippen LogP contribution >= 0.6 is 36.2 Å². The molecular weight excluding hydrogens is 227 g/mol. The Morgan fingerprint density at radius 1 is 1.38 bits per heavy atom. The van der Waals surface area contributed by atoms with E-state index in [0.29, 0.717) is 6.54 Å². The van der Waals surface area contributed by atoms with Gasteiger partial charge in [-0.05, 0) is 12.1 Å². The standard InChI is InChI=1S/C8H8N2S.2ClH/c9-4-7-3-6-5-10-2-1-8(6)11-7;;/h1-3,5H,4,9H2;2*1H. The number of aromatic nitrogens is 1. The molecule has 0 aliphatic heterocycles. The lowest BCUT2D eigenvalue weighted by Crippen LogP contribution is -1.90. The first-order chi connectivity index (χ1) is 5.40. The van der Waals surface area contributed by atoms with Crippen LogP contribution in [-0.4, -0.2) is 4.98 Å². The Bertz CT molecular complexity index is 342. The summed E-state index contributed by atoms with van der Waals surface area (Å²) in [4.78, 5) is 5.24. The van der Waals surface area contributed by atoms with Gasteiger partial charge in [-0.15, -0.1) is 36.2 Å². The Labute approximate surface area is 93.0 Å². The number of fused-ring (bicyclic) bond motifs is 1. The van der Waals surface area contributed by atoms with Crippen LogP contribution in [0.2, 0.25) is 0 Å². The minimum absolute atomic E-state index is 0. The van der Waals surface area contributed by atoms with Crippen molar-refractivity contribution >= 4 is 46.2 Å². The Morgan fingerprint density at radius 2 is 2.15 bits per heavy atom. The summed E-state index contributed by atoms with van der Waals surface area (Å²) in [5, 5.41) is 1.19. The van der Waals surface area contributed by atoms with Crippen molar-refractivity contribution in [3.05, 3.63) is 29.4 Å². The van der Waals surface area contributed by atoms with E-state index in [4.69, 9.17) is 5.73 Å². The first kappa shape index (κ1) is 12.7. The van der Waals surface area contributed by atoms with E-state index in [1.165, 1.54) is 15.0 Å². The summed E-state index contributed by atoms with van der Waals surface area (Å²) in [6.45, 7) is 0.624. The van der Waals surface area contributed by atoms with Crippen LogP contribution < -0.4 is 5.73 Å². The predicted molar refractivity (Wildman–Crippen MR) is 62.0 cm³/mol. The molecule has 0 saturated heterocycles. The van der Waals surface area contributed by atoms with Crippen molar-refractivity contribution < 1.29 is 0 Å². The number of hydrogen-bond donors (Lipinski definition) is 1. The fourth-order valence-corrected chi connectivity index (χ4v) is 1.95. The second kappa shape index (κ2) is 5.40. The Hall–Kier alpha value is -0.350. The average Bonchev–Trinajstić information content (AvgIpc) is 2.46. The van der Waals surface area contributed by atoms with Crippen LogP contribution in [0.5, 0.6) is 0 Å². The maximum absolute atomic E-state index is 5.50. The molecule has 0 aromatic carbocycles. The maximum Gasteiger partial charge on any atom is 0.0376 e. The van der Waals surface area contributed by atoms with Crippen molar-refractivity contribution in [1.82, 2.24) is 4.98 Å². The summed E-state index contributed by atoms with van der Waals surface area (Å²) >= 11 is 1.73. The zero-order valence-corrected chi connectivity index (χ0v) is 9.22. The van der Waals surface area contributed by atoms with Crippen molar-refractivity contribution in [2.45, 2.75) is 6.54 Å². The van der Waals surface area contributed by atoms with Crippen molar-refractivity contribution in [3.8, 4) is 0 Å². The van der Waals surface area contributed by atoms with Crippen LogP contribution in [-0.2, 0) is 6.54 Å². The highest BCUT2D eigenvalue weighted by Crippen LogP contribution is 2.23. The number of nitrogens with two attached hydrogens (primary N) is 1. The lowest BCUT2D eigenvalue weighted by atomic mass is 10.3. The zero-order chi connectivity index (χ0) is 7.68. The molecule has 0 unspecified atom stereocenters. The molecular formula is C8H10Cl2N2S. The first-order valence-electron chi connectivity index (χ1n) is 3.42. The van der Waals surface area contributed by atoms with Crippen molar-refractivity contribution in [1.29, 1.82) is 0 Å². The maximum atomic E-state index is 5.50. The molecule has 72 valence electrons. The third-order valence-electron chi connectivity index (χ3n) is 1.57. The monoisotopic (exact) mass is 236 g/mol. The van der Waals surface area contributed by atoms with Gasteiger partial charge in [0.1, 0.15) is 0 Å². The van der Waals surface area contributed by atoms with E-state index in [-0.39, 0.29) is 24.8 Å². The largest absolute Gasteiger partial charge is 0.326 e. The number of nitrogens with zero attached hydrogens (tertiary/aromatic N) is 1. The van der Waals surface area contributed by atoms with Gasteiger partial charge in [0.25, 0.3) is 0 Å². The highest BCUT2D eigenvalue weighted by molar-refractivity contribution is 7.19. The minimum atomic E-state index is 0. The van der Waals surface area contributed by atoms with Gasteiger partial charge in [-0.1, -0.05) is 0 Å². The van der Waals surface area contributed by atoms with E-state index in [2.05, 4.69) is 11.1 Å². The Kier molecular flexibility index (Phi) is 5.25. The summed E-state index contributed by atoms with van der Waals surface area (Å²) in [6.07, 6.45) is 3.67. The number of thiophene rings is 1. The molecule has 2 nitrogen and oxygen atoms in total. The number of rotatable bonds is 1. The van der Waals surface area contributed by atoms with Gasteiger partial charge in [-0.25, -0.2) is 0 Å². The SMILES string of the molecule is Cl.Cl.NCc1cc2cnccc2s1. The molecule has 2 rings (SSSR count). The zero-order valence-electron chi connectivity index (χ0n) is 6.77. The van der Waals surface area contributed by atoms with Gasteiger partial charge in [-0.3, -0.25) is 4.98 Å². The van der Waals surface area contributed by atoms with E-state index < -0.39 is 0 Å². The lowest BCUT2D eigenvalue weighted by molar-refractivity contribution is 1.11. The lowest BCUT2D eigenvalue weighted by Gasteiger charge is -1.81. The third kappa shape index (κ3) is 2.54. The van der Waals surface area contributed by atoms with Crippen LogP contribution in [0.4, 0.5) is 0 Å². The Balaban J connectivity index is 0.000000720. The summed E-state index contributed by atoms with van der Waals surface area (Å²) in [5.74, 6) is 0. The first-order valence-corrected chi connectivity index (χ1v) is 4.24. The molecule has 0 amide bonds. The second-order valence-electron chi connectivity index (χ2n) is 2.33. The van der Waals surface area contributed by atoms with E-state index in [0.717, 1.165) is 0 Å². The molecule has 2 heterocycles. The van der Waals surface area contributed by atoms with Gasteiger partial charge in [-0.2, -0.15) is 0 Å². The van der Waals surface area contributed by atoms with Crippen molar-refractivity contribution in [3.63, 3.8) is 0 Å². The van der Waals surface area contributed by atoms with Gasteiger partial charge in [0.05, 0.1) is 0 Å². The highest BCUT2D eigenvalue weighted by atomic mass is 35.5. The minimum Gasteiger partial charge on any atom is -0.326 e. The Morgan fingerprint density at radius 3 is 2.77 bits per heavy atom. The number of halogens is 2. The molecule has 2 aromatic rings. The normalized spacial score (nSPS) is 9.00. The molecule has 0 aliphatic rings. The van der Waals surface area contributed by atoms with Crippen LogP contribution in [0.25, 0.3) is 10.1 Å². The molecule has 0 radical (unpaired) electrons. The summed E-state index contributed by atoms with van der Waals surface area (Å²) < 4.78 is 1.26. The van der Waals surface area contributed by atoms with Crippen LogP contribution in [0.1, 0.15) is 4.88 Å². The van der Waals surface area contributed by atoms with Gasteiger partial charge in [0.15, 0.2) is 0 Å². The fraction of sp³-hybridized carbons (Fsp3) is 0.125. The van der Waals surface area contributed by atoms with Crippen LogP contribution in [0, 0.1) is 0 Å². The molecule has 2 N–H and O–H groups in total. The van der Waals surface area contributed by atoms with Gasteiger partial charge >= 0.3 is 0 Å². The topological polar surface area (TPSA) is 38.9 Å². The van der Waals surface area contributed by atoms with Gasteiger partial charge in [0.2, 0.25) is 0 Å². The van der Waals surface area contributed by atoms with Crippen LogP contribution in [0.3, 0.4) is 0 Å². The van der Waals surface area contributed by atoms with E-state index in [1.54, 1.807) is 17.5 Å². The molecule has 0 aliphatic carbocycles. The van der Waals surface area contributed by atoms with E-state index >= 15 is 0 Å². The quantitative estimate of drug-likeness (QED) is 0.827. The molecule has 0 saturated carbocycles. The fourth-order valence-electron chi connectivity index (χ4n) is 1.04. The third-order valence-corrected chi connectivity index (χ3v) is 2.71. The van der Waals surface area contributed by atoms with Gasteiger partial charge in [0, 0.05) is 33.9 Å². The van der Waals surface area contributed by atoms with Crippen molar-refractivity contribution in [2.75, 3.05) is 0 Å². The molecule has 0 bridgehead atoms. The van der Waals surface area contributed by atoms with Crippen LogP contribution in [0.15, 0.2) is 24.5 Å². The summed E-state index contributed by atoms with van der Waals surface area (Å²) in [7, 11) is 0. The van der Waals surface area contributed by atoms with E-state index in [1.807, 2.05) is 12.3 Å². The van der Waals surface area contributed by atoms with Crippen molar-refractivity contribution in [2.24, 2.45) is 5.73 Å². The average molecular weight is 237 g/mol. The smallest absolute Gasteiger partial charge is 0.0376 e. The van der Waals surface area contributed by atoms with E-state index in [9.17, 15) is 0 Å². The molecule has 0 spiro atoms. The molecule has 0 fully saturated rings.